The Labute approximate surface area is 378 Å². The quantitative estimate of drug-likeness (QED) is 0.0990. The topological polar surface area (TPSA) is 3.24 Å². The first-order valence-electron chi connectivity index (χ1n) is 22.7. The lowest BCUT2D eigenvalue weighted by molar-refractivity contribution is 0.382. The second kappa shape index (κ2) is 17.1. The summed E-state index contributed by atoms with van der Waals surface area (Å²) in [5.74, 6) is 1.43. The molecule has 2 aliphatic carbocycles. The van der Waals surface area contributed by atoms with Gasteiger partial charge >= 0.3 is 0 Å². The van der Waals surface area contributed by atoms with Crippen LogP contribution in [0.5, 0.6) is 0 Å². The van der Waals surface area contributed by atoms with Crippen LogP contribution in [-0.4, -0.2) is 0 Å². The van der Waals surface area contributed by atoms with Crippen molar-refractivity contribution in [3.63, 3.8) is 0 Å². The molecule has 2 aliphatic rings. The van der Waals surface area contributed by atoms with E-state index in [9.17, 15) is 0 Å². The molecule has 1 spiro atoms. The fraction of sp³-hybridized carbons (Fsp3) is 0.368. The molecule has 0 aliphatic heterocycles. The summed E-state index contributed by atoms with van der Waals surface area (Å²) < 4.78 is 2.14. The van der Waals surface area contributed by atoms with Crippen LogP contribution in [0.25, 0.3) is 22.3 Å². The summed E-state index contributed by atoms with van der Waals surface area (Å²) in [5, 5.41) is 0. The first-order chi connectivity index (χ1) is 28.8. The zero-order chi connectivity index (χ0) is 42.4. The Hall–Kier alpha value is -3.92. The van der Waals surface area contributed by atoms with Crippen molar-refractivity contribution in [1.29, 1.82) is 0 Å². The second-order valence-electron chi connectivity index (χ2n) is 19.2. The second-order valence-corrected chi connectivity index (χ2v) is 21.0. The Morgan fingerprint density at radius 3 is 1.45 bits per heavy atom. The Morgan fingerprint density at radius 1 is 0.517 bits per heavy atom. The molecule has 310 valence electrons. The molecule has 0 radical (unpaired) electrons. The highest BCUT2D eigenvalue weighted by Crippen LogP contribution is 2.65. The summed E-state index contributed by atoms with van der Waals surface area (Å²) in [4.78, 5) is 2.46. The first kappa shape index (κ1) is 42.8. The number of hydrogen-bond donors (Lipinski definition) is 0. The lowest BCUT2D eigenvalue weighted by Crippen LogP contribution is -2.28. The molecule has 2 unspecified atom stereocenters. The largest absolute Gasteiger partial charge is 0.310 e. The molecule has 6 aromatic carbocycles. The van der Waals surface area contributed by atoms with Crippen molar-refractivity contribution in [1.82, 2.24) is 0 Å². The summed E-state index contributed by atoms with van der Waals surface area (Å²) in [6.07, 6.45) is 9.66. The van der Waals surface area contributed by atoms with Crippen LogP contribution in [0.4, 0.5) is 17.1 Å². The molecule has 6 aromatic rings. The molecule has 3 heteroatoms. The minimum absolute atomic E-state index is 0.0883. The number of benzene rings is 6. The lowest BCUT2D eigenvalue weighted by Gasteiger charge is -2.35. The van der Waals surface area contributed by atoms with E-state index in [-0.39, 0.29) is 10.8 Å². The van der Waals surface area contributed by atoms with Gasteiger partial charge in [0.25, 0.3) is 0 Å². The van der Waals surface area contributed by atoms with Gasteiger partial charge in [-0.15, -0.1) is 0 Å². The maximum atomic E-state index is 3.72. The molecule has 8 rings (SSSR count). The Morgan fingerprint density at radius 2 is 0.983 bits per heavy atom. The van der Waals surface area contributed by atoms with Crippen LogP contribution in [0.2, 0.25) is 0 Å². The van der Waals surface area contributed by atoms with E-state index in [0.29, 0.717) is 11.8 Å². The lowest BCUT2D eigenvalue weighted by atomic mass is 9.67. The van der Waals surface area contributed by atoms with Gasteiger partial charge in [-0.3, -0.25) is 0 Å². The molecular weight excluding hydrogens is 858 g/mol. The van der Waals surface area contributed by atoms with Crippen molar-refractivity contribution < 1.29 is 0 Å². The van der Waals surface area contributed by atoms with Crippen LogP contribution in [0.3, 0.4) is 0 Å². The van der Waals surface area contributed by atoms with E-state index >= 15 is 0 Å². The molecule has 0 N–H and O–H groups in total. The third-order valence-corrected chi connectivity index (χ3v) is 15.6. The SMILES string of the molecule is CCC(C)(CCCC(C)C)c1ccc2c(c1)C1(c3cc(C(C)(CC)CCCC(C)C)ccc3-2)c2ccccc2-c2c(N(c3ccc(Br)cc3)c3ccc(Br)cc3)cccc21. The van der Waals surface area contributed by atoms with E-state index in [4.69, 9.17) is 0 Å². The van der Waals surface area contributed by atoms with E-state index in [0.717, 1.165) is 33.2 Å². The Kier molecular flexibility index (Phi) is 12.2. The predicted molar refractivity (Wildman–Crippen MR) is 265 cm³/mol. The molecule has 1 nitrogen and oxygen atoms in total. The predicted octanol–water partition coefficient (Wildman–Crippen LogP) is 18.0. The van der Waals surface area contributed by atoms with Crippen LogP contribution in [0, 0.1) is 11.8 Å². The average molecular weight is 922 g/mol. The zero-order valence-corrected chi connectivity index (χ0v) is 40.3. The van der Waals surface area contributed by atoms with Gasteiger partial charge in [0.05, 0.1) is 11.1 Å². The molecule has 2 atom stereocenters. The third kappa shape index (κ3) is 7.44. The number of nitrogens with zero attached hydrogens (tertiary/aromatic N) is 1. The number of halogens is 2. The summed E-state index contributed by atoms with van der Waals surface area (Å²) in [7, 11) is 0. The van der Waals surface area contributed by atoms with E-state index in [1.165, 1.54) is 99.8 Å². The van der Waals surface area contributed by atoms with Gasteiger partial charge in [-0.2, -0.15) is 0 Å². The van der Waals surface area contributed by atoms with Gasteiger partial charge in [-0.1, -0.05) is 186 Å². The van der Waals surface area contributed by atoms with Crippen molar-refractivity contribution in [3.05, 3.63) is 170 Å². The number of rotatable bonds is 15. The van der Waals surface area contributed by atoms with E-state index in [2.05, 4.69) is 220 Å². The minimum Gasteiger partial charge on any atom is -0.310 e. The zero-order valence-electron chi connectivity index (χ0n) is 37.1. The summed E-state index contributed by atoms with van der Waals surface area (Å²) in [6, 6.07) is 49.3. The van der Waals surface area contributed by atoms with Crippen LogP contribution in [-0.2, 0) is 16.2 Å². The fourth-order valence-corrected chi connectivity index (χ4v) is 11.1. The van der Waals surface area contributed by atoms with Gasteiger partial charge in [-0.05, 0) is 153 Å². The van der Waals surface area contributed by atoms with Crippen molar-refractivity contribution >= 4 is 48.9 Å². The van der Waals surface area contributed by atoms with E-state index < -0.39 is 5.41 Å². The molecule has 0 bridgehead atoms. The molecule has 0 saturated heterocycles. The van der Waals surface area contributed by atoms with Gasteiger partial charge < -0.3 is 4.90 Å². The highest BCUT2D eigenvalue weighted by Gasteiger charge is 2.53. The number of hydrogen-bond acceptors (Lipinski definition) is 1. The fourth-order valence-electron chi connectivity index (χ4n) is 10.6. The summed E-state index contributed by atoms with van der Waals surface area (Å²) in [5.41, 5.74) is 17.2. The van der Waals surface area contributed by atoms with Gasteiger partial charge in [-0.25, -0.2) is 0 Å². The number of fused-ring (bicyclic) bond motifs is 10. The average Bonchev–Trinajstić information content (AvgIpc) is 3.71. The normalized spacial score (nSPS) is 17.0. The smallest absolute Gasteiger partial charge is 0.0726 e. The van der Waals surface area contributed by atoms with Crippen molar-refractivity contribution in [2.24, 2.45) is 11.8 Å². The Bertz CT molecular complexity index is 2350. The van der Waals surface area contributed by atoms with E-state index in [1.54, 1.807) is 0 Å². The van der Waals surface area contributed by atoms with Crippen molar-refractivity contribution in [2.45, 2.75) is 123 Å². The minimum atomic E-state index is -0.469. The van der Waals surface area contributed by atoms with Gasteiger partial charge in [0, 0.05) is 25.9 Å². The van der Waals surface area contributed by atoms with Crippen LogP contribution < -0.4 is 4.90 Å². The molecule has 0 amide bonds. The van der Waals surface area contributed by atoms with Crippen molar-refractivity contribution in [3.8, 4) is 22.3 Å². The van der Waals surface area contributed by atoms with Gasteiger partial charge in [0.1, 0.15) is 0 Å². The molecule has 60 heavy (non-hydrogen) atoms. The maximum Gasteiger partial charge on any atom is 0.0726 e. The molecule has 0 heterocycles. The summed E-state index contributed by atoms with van der Waals surface area (Å²) in [6.45, 7) is 19.3. The highest BCUT2D eigenvalue weighted by molar-refractivity contribution is 9.10. The van der Waals surface area contributed by atoms with Gasteiger partial charge in [0.2, 0.25) is 0 Å². The number of anilines is 3. The van der Waals surface area contributed by atoms with Crippen LogP contribution in [0.15, 0.2) is 136 Å². The van der Waals surface area contributed by atoms with Crippen LogP contribution >= 0.6 is 31.9 Å². The summed E-state index contributed by atoms with van der Waals surface area (Å²) >= 11 is 7.45. The molecule has 0 saturated carbocycles. The molecule has 0 aromatic heterocycles. The standard InChI is InChI=1S/C57H63Br2N/c1-9-55(7,34-14-16-38(3)4)40-22-32-46-47-33-23-41(56(8,10-2)35-15-17-39(5)6)37-52(47)57(51(46)36-40)49-19-12-11-18-48(49)54-50(57)20-13-21-53(54)60(44-28-24-42(58)25-29-44)45-30-26-43(59)27-31-45/h11-13,18-33,36-39H,9-10,14-17,34-35H2,1-8H3. The third-order valence-electron chi connectivity index (χ3n) is 14.6. The molecule has 0 fully saturated rings. The monoisotopic (exact) mass is 919 g/mol. The van der Waals surface area contributed by atoms with Gasteiger partial charge in [0.15, 0.2) is 0 Å². The van der Waals surface area contributed by atoms with E-state index in [1.807, 2.05) is 0 Å². The molecular formula is C57H63Br2N. The van der Waals surface area contributed by atoms with Crippen LogP contribution in [0.1, 0.15) is 140 Å². The highest BCUT2D eigenvalue weighted by atomic mass is 79.9. The maximum absolute atomic E-state index is 3.72. The van der Waals surface area contributed by atoms with Crippen molar-refractivity contribution in [2.75, 3.05) is 4.90 Å². The Balaban J connectivity index is 1.42. The first-order valence-corrected chi connectivity index (χ1v) is 24.3.